The standard InChI is InChI=1S/C19H31BF2N2O3/c1-12(2)9-19(7,23)11-25-16-14(15(21)22)8-13(10-24-16)20-26-17(3,4)18(5,6)27-20/h8,10,12,15H,9,11,23H2,1-7H3/t19-/m0/s1. The molecule has 1 atom stereocenters. The van der Waals surface area contributed by atoms with Gasteiger partial charge in [-0.1, -0.05) is 13.8 Å². The summed E-state index contributed by atoms with van der Waals surface area (Å²) in [5.41, 5.74) is 4.61. The molecule has 2 rings (SSSR count). The van der Waals surface area contributed by atoms with Gasteiger partial charge in [0.1, 0.15) is 6.61 Å². The van der Waals surface area contributed by atoms with Gasteiger partial charge in [0.2, 0.25) is 5.88 Å². The molecule has 0 radical (unpaired) electrons. The van der Waals surface area contributed by atoms with E-state index >= 15 is 0 Å². The summed E-state index contributed by atoms with van der Waals surface area (Å²) in [4.78, 5) is 4.10. The van der Waals surface area contributed by atoms with E-state index in [9.17, 15) is 8.78 Å². The van der Waals surface area contributed by atoms with E-state index in [0.717, 1.165) is 0 Å². The highest BCUT2D eigenvalue weighted by molar-refractivity contribution is 6.62. The molecule has 1 aromatic rings. The molecular weight excluding hydrogens is 353 g/mol. The van der Waals surface area contributed by atoms with E-state index in [1.807, 2.05) is 48.5 Å². The fourth-order valence-corrected chi connectivity index (χ4v) is 3.10. The first-order chi connectivity index (χ1) is 12.2. The van der Waals surface area contributed by atoms with E-state index in [0.29, 0.717) is 17.8 Å². The topological polar surface area (TPSA) is 66.6 Å². The van der Waals surface area contributed by atoms with Gasteiger partial charge in [-0.15, -0.1) is 0 Å². The van der Waals surface area contributed by atoms with Crippen LogP contribution in [0.15, 0.2) is 12.3 Å². The molecule has 5 nitrogen and oxygen atoms in total. The highest BCUT2D eigenvalue weighted by Crippen LogP contribution is 2.37. The van der Waals surface area contributed by atoms with E-state index in [4.69, 9.17) is 19.8 Å². The lowest BCUT2D eigenvalue weighted by Crippen LogP contribution is -2.43. The first kappa shape index (κ1) is 22.0. The predicted octanol–water partition coefficient (Wildman–Crippen LogP) is 3.46. The fourth-order valence-electron chi connectivity index (χ4n) is 3.10. The molecule has 1 aliphatic heterocycles. The molecule has 0 spiro atoms. The maximum Gasteiger partial charge on any atom is 0.496 e. The third kappa shape index (κ3) is 5.18. The van der Waals surface area contributed by atoms with Crippen LogP contribution < -0.4 is 15.9 Å². The average molecular weight is 384 g/mol. The quantitative estimate of drug-likeness (QED) is 0.730. The normalized spacial score (nSPS) is 21.0. The summed E-state index contributed by atoms with van der Waals surface area (Å²) in [5.74, 6) is 0.266. The molecule has 0 aromatic carbocycles. The zero-order valence-corrected chi connectivity index (χ0v) is 17.3. The minimum atomic E-state index is -2.73. The second-order valence-electron chi connectivity index (χ2n) is 9.09. The van der Waals surface area contributed by atoms with Crippen LogP contribution in [0.1, 0.15) is 66.9 Å². The van der Waals surface area contributed by atoms with Crippen LogP contribution in [0.4, 0.5) is 8.78 Å². The van der Waals surface area contributed by atoms with Crippen molar-refractivity contribution in [3.63, 3.8) is 0 Å². The first-order valence-electron chi connectivity index (χ1n) is 9.29. The molecule has 0 bridgehead atoms. The molecule has 1 aliphatic rings. The third-order valence-corrected chi connectivity index (χ3v) is 5.07. The van der Waals surface area contributed by atoms with Crippen molar-refractivity contribution in [1.29, 1.82) is 0 Å². The van der Waals surface area contributed by atoms with Gasteiger partial charge in [0.15, 0.2) is 0 Å². The number of hydrogen-bond donors (Lipinski definition) is 1. The molecule has 1 fully saturated rings. The molecule has 152 valence electrons. The first-order valence-corrected chi connectivity index (χ1v) is 9.29. The molecule has 0 saturated carbocycles. The van der Waals surface area contributed by atoms with E-state index in [1.54, 1.807) is 0 Å². The summed E-state index contributed by atoms with van der Waals surface area (Å²) in [7, 11) is -0.755. The van der Waals surface area contributed by atoms with Gasteiger partial charge in [-0.2, -0.15) is 0 Å². The summed E-state index contributed by atoms with van der Waals surface area (Å²) in [5, 5.41) is 0. The van der Waals surface area contributed by atoms with Crippen molar-refractivity contribution in [3.8, 4) is 5.88 Å². The Morgan fingerprint density at radius 3 is 2.26 bits per heavy atom. The molecule has 0 amide bonds. The number of aromatic nitrogens is 1. The number of hydrogen-bond acceptors (Lipinski definition) is 5. The highest BCUT2D eigenvalue weighted by atomic mass is 19.3. The molecule has 1 saturated heterocycles. The Morgan fingerprint density at radius 2 is 1.78 bits per heavy atom. The largest absolute Gasteiger partial charge is 0.496 e. The maximum atomic E-state index is 13.6. The second kappa shape index (κ2) is 7.64. The monoisotopic (exact) mass is 384 g/mol. The molecule has 0 unspecified atom stereocenters. The minimum absolute atomic E-state index is 0.105. The molecule has 27 heavy (non-hydrogen) atoms. The minimum Gasteiger partial charge on any atom is -0.475 e. The number of halogens is 2. The third-order valence-electron chi connectivity index (χ3n) is 5.07. The lowest BCUT2D eigenvalue weighted by molar-refractivity contribution is 0.00578. The lowest BCUT2D eigenvalue weighted by atomic mass is 9.79. The van der Waals surface area contributed by atoms with Crippen LogP contribution in [0.25, 0.3) is 0 Å². The van der Waals surface area contributed by atoms with Crippen molar-refractivity contribution in [2.24, 2.45) is 11.7 Å². The van der Waals surface area contributed by atoms with Crippen LogP contribution in [0.2, 0.25) is 0 Å². The summed E-state index contributed by atoms with van der Waals surface area (Å²) >= 11 is 0. The average Bonchev–Trinajstić information content (AvgIpc) is 2.72. The van der Waals surface area contributed by atoms with Crippen molar-refractivity contribution in [2.45, 2.75) is 78.1 Å². The molecule has 2 heterocycles. The summed E-state index contributed by atoms with van der Waals surface area (Å²) in [6.07, 6.45) is -0.563. The Labute approximate surface area is 161 Å². The lowest BCUT2D eigenvalue weighted by Gasteiger charge is -2.32. The van der Waals surface area contributed by atoms with Crippen LogP contribution in [0.3, 0.4) is 0 Å². The Balaban J connectivity index is 2.20. The fraction of sp³-hybridized carbons (Fsp3) is 0.737. The van der Waals surface area contributed by atoms with Gasteiger partial charge >= 0.3 is 7.12 Å². The number of rotatable bonds is 7. The van der Waals surface area contributed by atoms with Gasteiger partial charge in [-0.25, -0.2) is 13.8 Å². The van der Waals surface area contributed by atoms with Crippen LogP contribution in [-0.4, -0.2) is 35.5 Å². The van der Waals surface area contributed by atoms with Gasteiger partial charge in [0, 0.05) is 17.2 Å². The highest BCUT2D eigenvalue weighted by Gasteiger charge is 2.52. The summed E-state index contributed by atoms with van der Waals surface area (Å²) in [6.45, 7) is 13.7. The van der Waals surface area contributed by atoms with Gasteiger partial charge in [-0.05, 0) is 53.0 Å². The zero-order valence-electron chi connectivity index (χ0n) is 17.3. The Morgan fingerprint density at radius 1 is 1.22 bits per heavy atom. The summed E-state index contributed by atoms with van der Waals surface area (Å²) in [6, 6.07) is 1.34. The van der Waals surface area contributed by atoms with Crippen molar-refractivity contribution < 1.29 is 22.8 Å². The van der Waals surface area contributed by atoms with Crippen molar-refractivity contribution in [3.05, 3.63) is 17.8 Å². The maximum absolute atomic E-state index is 13.6. The van der Waals surface area contributed by atoms with Crippen LogP contribution in [-0.2, 0) is 9.31 Å². The van der Waals surface area contributed by atoms with Gasteiger partial charge in [0.05, 0.1) is 16.8 Å². The Hall–Kier alpha value is -1.25. The SMILES string of the molecule is CC(C)C[C@](C)(N)COc1ncc(B2OC(C)(C)C(C)(C)O2)cc1C(F)F. The molecular formula is C19H31BF2N2O3. The number of ether oxygens (including phenoxy) is 1. The van der Waals surface area contributed by atoms with E-state index < -0.39 is 30.3 Å². The smallest absolute Gasteiger partial charge is 0.475 e. The number of nitrogens with zero attached hydrogens (tertiary/aromatic N) is 1. The number of nitrogens with two attached hydrogens (primary N) is 1. The summed E-state index contributed by atoms with van der Waals surface area (Å²) < 4.78 is 44.6. The molecule has 0 aliphatic carbocycles. The van der Waals surface area contributed by atoms with Crippen LogP contribution in [0.5, 0.6) is 5.88 Å². The van der Waals surface area contributed by atoms with Gasteiger partial charge in [0.25, 0.3) is 6.43 Å². The van der Waals surface area contributed by atoms with Crippen molar-refractivity contribution in [1.82, 2.24) is 4.98 Å². The van der Waals surface area contributed by atoms with E-state index in [-0.39, 0.29) is 18.1 Å². The molecule has 8 heteroatoms. The van der Waals surface area contributed by atoms with Gasteiger partial charge < -0.3 is 19.8 Å². The second-order valence-corrected chi connectivity index (χ2v) is 9.09. The van der Waals surface area contributed by atoms with Crippen LogP contribution >= 0.6 is 0 Å². The molecule has 1 aromatic heterocycles. The molecule has 2 N–H and O–H groups in total. The van der Waals surface area contributed by atoms with Crippen molar-refractivity contribution in [2.75, 3.05) is 6.61 Å². The number of alkyl halides is 2. The zero-order chi connectivity index (χ0) is 20.6. The van der Waals surface area contributed by atoms with Gasteiger partial charge in [-0.3, -0.25) is 0 Å². The number of pyridine rings is 1. The Kier molecular flexibility index (Phi) is 6.24. The predicted molar refractivity (Wildman–Crippen MR) is 102 cm³/mol. The van der Waals surface area contributed by atoms with E-state index in [2.05, 4.69) is 4.98 Å². The van der Waals surface area contributed by atoms with E-state index in [1.165, 1.54) is 12.3 Å². The Bertz CT molecular complexity index is 650. The van der Waals surface area contributed by atoms with Crippen LogP contribution in [0, 0.1) is 5.92 Å². The van der Waals surface area contributed by atoms with Crippen molar-refractivity contribution >= 4 is 12.6 Å².